The van der Waals surface area contributed by atoms with Crippen LogP contribution in [0.4, 0.5) is 0 Å². The van der Waals surface area contributed by atoms with Crippen molar-refractivity contribution in [2.75, 3.05) is 0 Å². The van der Waals surface area contributed by atoms with E-state index in [9.17, 15) is 9.90 Å². The van der Waals surface area contributed by atoms with Gasteiger partial charge >= 0.3 is 0 Å². The van der Waals surface area contributed by atoms with Crippen molar-refractivity contribution in [1.29, 1.82) is 0 Å². The molecule has 0 heterocycles. The van der Waals surface area contributed by atoms with Crippen molar-refractivity contribution in [2.45, 2.75) is 27.2 Å². The Balaban J connectivity index is 2.33. The Bertz CT molecular complexity index is 661. The molecular weight excluding hydrogens is 260 g/mol. The van der Waals surface area contributed by atoms with Gasteiger partial charge in [-0.05, 0) is 41.2 Å². The van der Waals surface area contributed by atoms with E-state index in [1.165, 1.54) is 17.7 Å². The molecule has 0 saturated carbocycles. The molecule has 0 atom stereocenters. The van der Waals surface area contributed by atoms with Gasteiger partial charge < -0.3 is 5.11 Å². The first kappa shape index (κ1) is 15.1. The maximum absolute atomic E-state index is 11.6. The third-order valence-electron chi connectivity index (χ3n) is 3.35. The molecule has 0 aromatic heterocycles. The molecule has 1 N–H and O–H groups in total. The SMILES string of the molecule is CC(C)(C)C1=CC(=O)C(O)=CC1=C=CCc1ccccc1. The van der Waals surface area contributed by atoms with Gasteiger partial charge in [0.05, 0.1) is 0 Å². The molecular formula is C19H20O2. The molecule has 1 aromatic rings. The van der Waals surface area contributed by atoms with Gasteiger partial charge in [0.25, 0.3) is 0 Å². The topological polar surface area (TPSA) is 37.3 Å². The lowest BCUT2D eigenvalue weighted by Crippen LogP contribution is -2.17. The highest BCUT2D eigenvalue weighted by Crippen LogP contribution is 2.34. The van der Waals surface area contributed by atoms with Gasteiger partial charge in [-0.1, -0.05) is 51.1 Å². The van der Waals surface area contributed by atoms with E-state index in [4.69, 9.17) is 0 Å². The Hall–Kier alpha value is -2.31. The van der Waals surface area contributed by atoms with Gasteiger partial charge in [0.1, 0.15) is 0 Å². The molecule has 0 saturated heterocycles. The second-order valence-corrected chi connectivity index (χ2v) is 6.15. The number of hydrogen-bond donors (Lipinski definition) is 1. The Morgan fingerprint density at radius 2 is 1.81 bits per heavy atom. The van der Waals surface area contributed by atoms with Crippen molar-refractivity contribution in [3.63, 3.8) is 0 Å². The minimum absolute atomic E-state index is 0.171. The van der Waals surface area contributed by atoms with E-state index in [1.54, 1.807) is 0 Å². The quantitative estimate of drug-likeness (QED) is 0.820. The van der Waals surface area contributed by atoms with Crippen molar-refractivity contribution in [1.82, 2.24) is 0 Å². The van der Waals surface area contributed by atoms with Crippen LogP contribution < -0.4 is 0 Å². The summed E-state index contributed by atoms with van der Waals surface area (Å²) in [5.74, 6) is -0.563. The lowest BCUT2D eigenvalue weighted by molar-refractivity contribution is -0.113. The van der Waals surface area contributed by atoms with E-state index in [1.807, 2.05) is 45.0 Å². The smallest absolute Gasteiger partial charge is 0.220 e. The second-order valence-electron chi connectivity index (χ2n) is 6.15. The normalized spacial score (nSPS) is 15.2. The van der Waals surface area contributed by atoms with Gasteiger partial charge in [0.15, 0.2) is 5.76 Å². The van der Waals surface area contributed by atoms with E-state index in [0.29, 0.717) is 0 Å². The number of hydrogen-bond acceptors (Lipinski definition) is 2. The third kappa shape index (κ3) is 3.84. The second kappa shape index (κ2) is 5.99. The molecule has 0 amide bonds. The first-order valence-electron chi connectivity index (χ1n) is 7.04. The maximum atomic E-state index is 11.6. The zero-order chi connectivity index (χ0) is 15.5. The average Bonchev–Trinajstić information content (AvgIpc) is 2.42. The van der Waals surface area contributed by atoms with Crippen LogP contribution in [-0.4, -0.2) is 10.9 Å². The fraction of sp³-hybridized carbons (Fsp3) is 0.263. The number of aliphatic hydroxyl groups is 1. The molecule has 108 valence electrons. The molecule has 2 rings (SSSR count). The maximum Gasteiger partial charge on any atom is 0.220 e. The first-order valence-corrected chi connectivity index (χ1v) is 7.04. The molecule has 0 bridgehead atoms. The number of aliphatic hydroxyl groups excluding tert-OH is 1. The summed E-state index contributed by atoms with van der Waals surface area (Å²) in [5.41, 5.74) is 5.91. The van der Waals surface area contributed by atoms with Gasteiger partial charge in [-0.3, -0.25) is 4.79 Å². The largest absolute Gasteiger partial charge is 0.504 e. The minimum Gasteiger partial charge on any atom is -0.504 e. The monoisotopic (exact) mass is 280 g/mol. The predicted molar refractivity (Wildman–Crippen MR) is 85.0 cm³/mol. The standard InChI is InChI=1S/C19H20O2/c1-19(2,3)16-13-18(21)17(20)12-15(16)11-7-10-14-8-5-4-6-9-14/h4-9,12-13,20H,10H2,1-3H3. The van der Waals surface area contributed by atoms with Crippen molar-refractivity contribution in [2.24, 2.45) is 5.41 Å². The molecule has 21 heavy (non-hydrogen) atoms. The van der Waals surface area contributed by atoms with Crippen molar-refractivity contribution < 1.29 is 9.90 Å². The van der Waals surface area contributed by atoms with Gasteiger partial charge in [-0.15, -0.1) is 5.73 Å². The number of ketones is 1. The first-order chi connectivity index (χ1) is 9.88. The number of carbonyl (C=O) groups excluding carboxylic acids is 1. The molecule has 1 aliphatic carbocycles. The van der Waals surface area contributed by atoms with Crippen LogP contribution in [0.2, 0.25) is 0 Å². The van der Waals surface area contributed by atoms with E-state index in [0.717, 1.165) is 17.6 Å². The molecule has 0 spiro atoms. The molecule has 0 fully saturated rings. The summed E-state index contributed by atoms with van der Waals surface area (Å²) in [6.45, 7) is 6.13. The molecule has 2 nitrogen and oxygen atoms in total. The highest BCUT2D eigenvalue weighted by molar-refractivity contribution is 6.05. The van der Waals surface area contributed by atoms with Gasteiger partial charge in [0, 0.05) is 5.57 Å². The Kier molecular flexibility index (Phi) is 4.30. The van der Waals surface area contributed by atoms with Crippen LogP contribution >= 0.6 is 0 Å². The Morgan fingerprint density at radius 1 is 1.14 bits per heavy atom. The molecule has 0 aliphatic heterocycles. The van der Waals surface area contributed by atoms with Crippen molar-refractivity contribution in [3.8, 4) is 0 Å². The molecule has 0 radical (unpaired) electrons. The number of benzene rings is 1. The van der Waals surface area contributed by atoms with E-state index < -0.39 is 0 Å². The Morgan fingerprint density at radius 3 is 2.43 bits per heavy atom. The fourth-order valence-corrected chi connectivity index (χ4v) is 2.20. The zero-order valence-corrected chi connectivity index (χ0v) is 12.7. The van der Waals surface area contributed by atoms with E-state index in [2.05, 4.69) is 17.9 Å². The van der Waals surface area contributed by atoms with Crippen LogP contribution in [0, 0.1) is 5.41 Å². The van der Waals surface area contributed by atoms with Crippen LogP contribution in [0.5, 0.6) is 0 Å². The van der Waals surface area contributed by atoms with Gasteiger partial charge in [0.2, 0.25) is 5.78 Å². The summed E-state index contributed by atoms with van der Waals surface area (Å²) in [4.78, 5) is 11.6. The summed E-state index contributed by atoms with van der Waals surface area (Å²) in [5, 5.41) is 9.64. The number of allylic oxidation sites excluding steroid dienone is 4. The highest BCUT2D eigenvalue weighted by atomic mass is 16.3. The summed E-state index contributed by atoms with van der Waals surface area (Å²) >= 11 is 0. The molecule has 1 aliphatic rings. The van der Waals surface area contributed by atoms with Crippen molar-refractivity contribution >= 4 is 5.78 Å². The third-order valence-corrected chi connectivity index (χ3v) is 3.35. The molecule has 2 heteroatoms. The molecule has 0 unspecified atom stereocenters. The zero-order valence-electron chi connectivity index (χ0n) is 12.7. The van der Waals surface area contributed by atoms with Crippen molar-refractivity contribution in [3.05, 3.63) is 76.8 Å². The lowest BCUT2D eigenvalue weighted by atomic mass is 9.79. The van der Waals surface area contributed by atoms with E-state index in [-0.39, 0.29) is 17.0 Å². The van der Waals surface area contributed by atoms with E-state index >= 15 is 0 Å². The lowest BCUT2D eigenvalue weighted by Gasteiger charge is -2.25. The highest BCUT2D eigenvalue weighted by Gasteiger charge is 2.25. The fourth-order valence-electron chi connectivity index (χ4n) is 2.20. The van der Waals surface area contributed by atoms with Crippen LogP contribution in [0.15, 0.2) is 71.2 Å². The molecule has 1 aromatic carbocycles. The summed E-state index contributed by atoms with van der Waals surface area (Å²) in [7, 11) is 0. The number of rotatable bonds is 2. The van der Waals surface area contributed by atoms with Gasteiger partial charge in [-0.25, -0.2) is 0 Å². The summed E-state index contributed by atoms with van der Waals surface area (Å²) in [6.07, 6.45) is 5.71. The van der Waals surface area contributed by atoms with Crippen LogP contribution in [-0.2, 0) is 11.2 Å². The predicted octanol–water partition coefficient (Wildman–Crippen LogP) is 4.31. The van der Waals surface area contributed by atoms with Gasteiger partial charge in [-0.2, -0.15) is 0 Å². The average molecular weight is 280 g/mol. The van der Waals surface area contributed by atoms with Crippen LogP contribution in [0.3, 0.4) is 0 Å². The minimum atomic E-state index is -0.339. The Labute approximate surface area is 125 Å². The van der Waals surface area contributed by atoms with Crippen LogP contribution in [0.25, 0.3) is 0 Å². The summed E-state index contributed by atoms with van der Waals surface area (Å²) in [6, 6.07) is 10.1. The van der Waals surface area contributed by atoms with Crippen LogP contribution in [0.1, 0.15) is 26.3 Å². The summed E-state index contributed by atoms with van der Waals surface area (Å²) < 4.78 is 0. The number of carbonyl (C=O) groups is 1.